The molecule has 0 radical (unpaired) electrons. The van der Waals surface area contributed by atoms with Crippen LogP contribution in [0.5, 0.6) is 0 Å². The van der Waals surface area contributed by atoms with Crippen LogP contribution in [0.15, 0.2) is 36.4 Å². The summed E-state index contributed by atoms with van der Waals surface area (Å²) in [4.78, 5) is 14.9. The smallest absolute Gasteiger partial charge is 0.258 e. The number of anilines is 1. The van der Waals surface area contributed by atoms with Gasteiger partial charge in [-0.3, -0.25) is 4.79 Å². The zero-order valence-corrected chi connectivity index (χ0v) is 20.7. The Bertz CT molecular complexity index is 1140. The molecule has 2 saturated carbocycles. The fourth-order valence-electron chi connectivity index (χ4n) is 6.42. The van der Waals surface area contributed by atoms with Crippen molar-refractivity contribution in [1.82, 2.24) is 0 Å². The Hall–Kier alpha value is -2.64. The number of carbonyl (C=O) groups is 1. The topological polar surface area (TPSA) is 40.5 Å². The molecule has 0 spiro atoms. The molecule has 35 heavy (non-hydrogen) atoms. The molecule has 0 saturated heterocycles. The lowest BCUT2D eigenvalue weighted by atomic mass is 9.88. The summed E-state index contributed by atoms with van der Waals surface area (Å²) in [6.45, 7) is 2.40. The van der Waals surface area contributed by atoms with Crippen molar-refractivity contribution in [3.63, 3.8) is 0 Å². The molecular weight excluding hydrogens is 437 g/mol. The second kappa shape index (κ2) is 10.5. The van der Waals surface area contributed by atoms with Gasteiger partial charge in [-0.2, -0.15) is 0 Å². The highest BCUT2D eigenvalue weighted by Crippen LogP contribution is 2.43. The van der Waals surface area contributed by atoms with Gasteiger partial charge in [0.1, 0.15) is 11.9 Å². The van der Waals surface area contributed by atoms with E-state index in [-0.39, 0.29) is 11.7 Å². The SMILES string of the molecule is CCC(O)C#Cc1ccc2c(c1)CCN(c1ccc(CC3CC[C@@H](C4CCCC4)C3)c(F)c1)C2=O. The molecule has 1 N–H and O–H groups in total. The predicted octanol–water partition coefficient (Wildman–Crippen LogP) is 6.30. The number of hydrogen-bond donors (Lipinski definition) is 1. The van der Waals surface area contributed by atoms with E-state index in [9.17, 15) is 9.90 Å². The minimum absolute atomic E-state index is 0.0956. The molecule has 2 aromatic carbocycles. The number of amides is 1. The molecule has 4 heteroatoms. The van der Waals surface area contributed by atoms with Crippen molar-refractivity contribution in [2.24, 2.45) is 17.8 Å². The van der Waals surface area contributed by atoms with E-state index in [2.05, 4.69) is 11.8 Å². The number of benzene rings is 2. The molecular formula is C31H36FNO2. The average molecular weight is 474 g/mol. The first-order chi connectivity index (χ1) is 17.0. The van der Waals surface area contributed by atoms with Crippen LogP contribution >= 0.6 is 0 Å². The number of halogens is 1. The minimum Gasteiger partial charge on any atom is -0.380 e. The predicted molar refractivity (Wildman–Crippen MR) is 138 cm³/mol. The van der Waals surface area contributed by atoms with Crippen LogP contribution in [0.4, 0.5) is 10.1 Å². The first-order valence-electron chi connectivity index (χ1n) is 13.4. The molecule has 1 amide bonds. The molecule has 2 unspecified atom stereocenters. The Balaban J connectivity index is 1.25. The van der Waals surface area contributed by atoms with Crippen LogP contribution in [-0.4, -0.2) is 23.7 Å². The Morgan fingerprint density at radius 2 is 1.91 bits per heavy atom. The van der Waals surface area contributed by atoms with Gasteiger partial charge in [0.2, 0.25) is 0 Å². The summed E-state index contributed by atoms with van der Waals surface area (Å²) in [5, 5.41) is 9.67. The van der Waals surface area contributed by atoms with Gasteiger partial charge in [0.05, 0.1) is 0 Å². The van der Waals surface area contributed by atoms with E-state index in [0.29, 0.717) is 36.6 Å². The molecule has 184 valence electrons. The van der Waals surface area contributed by atoms with Crippen molar-refractivity contribution >= 4 is 11.6 Å². The molecule has 1 heterocycles. The quantitative estimate of drug-likeness (QED) is 0.518. The molecule has 0 aromatic heterocycles. The summed E-state index contributed by atoms with van der Waals surface area (Å²) in [6, 6.07) is 10.9. The summed E-state index contributed by atoms with van der Waals surface area (Å²) in [7, 11) is 0. The Morgan fingerprint density at radius 1 is 1.09 bits per heavy atom. The van der Waals surface area contributed by atoms with Crippen molar-refractivity contribution < 1.29 is 14.3 Å². The molecule has 0 bridgehead atoms. The van der Waals surface area contributed by atoms with E-state index >= 15 is 4.39 Å². The number of fused-ring (bicyclic) bond motifs is 1. The molecule has 3 atom stereocenters. The van der Waals surface area contributed by atoms with Gasteiger partial charge in [-0.1, -0.05) is 50.5 Å². The van der Waals surface area contributed by atoms with E-state index in [1.807, 2.05) is 31.2 Å². The lowest BCUT2D eigenvalue weighted by Gasteiger charge is -2.29. The molecule has 2 aliphatic carbocycles. The maximum absolute atomic E-state index is 15.1. The molecule has 2 aromatic rings. The average Bonchev–Trinajstić information content (AvgIpc) is 3.56. The van der Waals surface area contributed by atoms with Crippen molar-refractivity contribution in [3.8, 4) is 11.8 Å². The summed E-state index contributed by atoms with van der Waals surface area (Å²) in [5.41, 5.74) is 3.82. The van der Waals surface area contributed by atoms with Crippen molar-refractivity contribution in [2.45, 2.75) is 77.2 Å². The molecule has 1 aliphatic heterocycles. The fourth-order valence-corrected chi connectivity index (χ4v) is 6.42. The van der Waals surface area contributed by atoms with E-state index in [1.54, 1.807) is 17.0 Å². The maximum Gasteiger partial charge on any atom is 0.258 e. The van der Waals surface area contributed by atoms with Crippen molar-refractivity contribution in [1.29, 1.82) is 0 Å². The van der Waals surface area contributed by atoms with Gasteiger partial charge in [-0.15, -0.1) is 0 Å². The molecule has 5 rings (SSSR count). The minimum atomic E-state index is -0.636. The van der Waals surface area contributed by atoms with E-state index in [4.69, 9.17) is 0 Å². The Morgan fingerprint density at radius 3 is 2.69 bits per heavy atom. The van der Waals surface area contributed by atoms with Gasteiger partial charge in [0.15, 0.2) is 0 Å². The zero-order chi connectivity index (χ0) is 24.4. The van der Waals surface area contributed by atoms with Crippen molar-refractivity contribution in [2.75, 3.05) is 11.4 Å². The summed E-state index contributed by atoms with van der Waals surface area (Å²) in [6.07, 6.45) is 10.8. The highest BCUT2D eigenvalue weighted by atomic mass is 19.1. The zero-order valence-electron chi connectivity index (χ0n) is 20.7. The summed E-state index contributed by atoms with van der Waals surface area (Å²) >= 11 is 0. The van der Waals surface area contributed by atoms with Gasteiger partial charge in [0.25, 0.3) is 5.91 Å². The fraction of sp³-hybridized carbons (Fsp3) is 0.516. The Kier molecular flexibility index (Phi) is 7.25. The third-order valence-electron chi connectivity index (χ3n) is 8.46. The lowest BCUT2D eigenvalue weighted by Crippen LogP contribution is -2.37. The van der Waals surface area contributed by atoms with Gasteiger partial charge in [0, 0.05) is 23.4 Å². The second-order valence-corrected chi connectivity index (χ2v) is 10.7. The van der Waals surface area contributed by atoms with Crippen LogP contribution in [0.3, 0.4) is 0 Å². The molecule has 2 fully saturated rings. The van der Waals surface area contributed by atoms with Gasteiger partial charge in [-0.25, -0.2) is 4.39 Å². The van der Waals surface area contributed by atoms with Crippen LogP contribution in [0.25, 0.3) is 0 Å². The van der Waals surface area contributed by atoms with Crippen LogP contribution < -0.4 is 4.90 Å². The third-order valence-corrected chi connectivity index (χ3v) is 8.46. The number of aliphatic hydroxyl groups excluding tert-OH is 1. The largest absolute Gasteiger partial charge is 0.380 e. The number of hydrogen-bond acceptors (Lipinski definition) is 2. The molecule has 3 nitrogen and oxygen atoms in total. The van der Waals surface area contributed by atoms with Crippen LogP contribution in [0.2, 0.25) is 0 Å². The standard InChI is InChI=1S/C31H36FNO2/c1-2-28(34)13-8-21-9-14-29-25(17-21)15-16-33(31(29)35)27-12-11-26(30(32)20-27)19-22-7-10-24(18-22)23-5-3-4-6-23/h9,11-12,14,17,20,22-24,28,34H,2-7,10,15-16,18-19H2,1H3/t22?,24-,28?/m1/s1. The first-order valence-corrected chi connectivity index (χ1v) is 13.4. The molecule has 3 aliphatic rings. The van der Waals surface area contributed by atoms with Crippen LogP contribution in [-0.2, 0) is 12.8 Å². The van der Waals surface area contributed by atoms with Crippen LogP contribution in [0.1, 0.15) is 85.3 Å². The summed E-state index contributed by atoms with van der Waals surface area (Å²) < 4.78 is 15.1. The highest BCUT2D eigenvalue weighted by molar-refractivity contribution is 6.08. The third kappa shape index (κ3) is 5.31. The number of nitrogens with zero attached hydrogens (tertiary/aromatic N) is 1. The van der Waals surface area contributed by atoms with E-state index in [0.717, 1.165) is 34.9 Å². The number of rotatable bonds is 5. The van der Waals surface area contributed by atoms with E-state index < -0.39 is 6.10 Å². The lowest BCUT2D eigenvalue weighted by molar-refractivity contribution is 0.0980. The second-order valence-electron chi connectivity index (χ2n) is 10.7. The van der Waals surface area contributed by atoms with E-state index in [1.165, 1.54) is 44.9 Å². The number of carbonyl (C=O) groups excluding carboxylic acids is 1. The van der Waals surface area contributed by atoms with Gasteiger partial charge in [-0.05, 0) is 97.7 Å². The van der Waals surface area contributed by atoms with Crippen LogP contribution in [0, 0.1) is 35.4 Å². The first kappa shape index (κ1) is 24.1. The Labute approximate surface area is 208 Å². The van der Waals surface area contributed by atoms with Gasteiger partial charge >= 0.3 is 0 Å². The highest BCUT2D eigenvalue weighted by Gasteiger charge is 2.33. The van der Waals surface area contributed by atoms with Crippen molar-refractivity contribution in [3.05, 3.63) is 64.5 Å². The maximum atomic E-state index is 15.1. The van der Waals surface area contributed by atoms with Gasteiger partial charge < -0.3 is 10.0 Å². The number of aliphatic hydroxyl groups is 1. The monoisotopic (exact) mass is 473 g/mol. The normalized spacial score (nSPS) is 23.2. The summed E-state index contributed by atoms with van der Waals surface area (Å²) in [5.74, 6) is 7.87.